The SMILES string of the molecule is O=c1[nH]c(=S)c(SCc2ccccc2)nn1[C@H]1O[C@@H](CO)[C@@H](O)[C@@H]1O. The number of aliphatic hydroxyl groups excluding tert-OH is 3. The predicted molar refractivity (Wildman–Crippen MR) is 92.7 cm³/mol. The minimum atomic E-state index is -1.39. The second kappa shape index (κ2) is 7.77. The summed E-state index contributed by atoms with van der Waals surface area (Å²) in [6.45, 7) is -0.484. The molecule has 2 aromatic rings. The van der Waals surface area contributed by atoms with E-state index in [0.29, 0.717) is 10.8 Å². The largest absolute Gasteiger partial charge is 0.394 e. The van der Waals surface area contributed by atoms with Gasteiger partial charge in [0.15, 0.2) is 11.3 Å². The van der Waals surface area contributed by atoms with E-state index in [2.05, 4.69) is 10.1 Å². The van der Waals surface area contributed by atoms with Crippen molar-refractivity contribution in [3.63, 3.8) is 0 Å². The van der Waals surface area contributed by atoms with Gasteiger partial charge in [-0.15, -0.1) is 0 Å². The molecule has 0 bridgehead atoms. The summed E-state index contributed by atoms with van der Waals surface area (Å²) in [5.74, 6) is 0.597. The van der Waals surface area contributed by atoms with Crippen molar-refractivity contribution in [3.8, 4) is 0 Å². The average molecular weight is 383 g/mol. The number of aliphatic hydroxyl groups is 3. The lowest BCUT2D eigenvalue weighted by Gasteiger charge is -2.16. The van der Waals surface area contributed by atoms with E-state index in [9.17, 15) is 15.0 Å². The molecule has 134 valence electrons. The third-order valence-electron chi connectivity index (χ3n) is 3.80. The molecule has 0 aliphatic carbocycles. The summed E-state index contributed by atoms with van der Waals surface area (Å²) in [5, 5.41) is 33.7. The van der Waals surface area contributed by atoms with Crippen molar-refractivity contribution in [2.75, 3.05) is 6.61 Å². The van der Waals surface area contributed by atoms with Crippen LogP contribution < -0.4 is 5.69 Å². The van der Waals surface area contributed by atoms with Crippen LogP contribution in [0.4, 0.5) is 0 Å². The Balaban J connectivity index is 1.86. The van der Waals surface area contributed by atoms with Crippen molar-refractivity contribution in [2.45, 2.75) is 35.3 Å². The van der Waals surface area contributed by atoms with Crippen LogP contribution in [-0.2, 0) is 10.5 Å². The highest BCUT2D eigenvalue weighted by atomic mass is 32.2. The quantitative estimate of drug-likeness (QED) is 0.427. The molecule has 1 aromatic heterocycles. The molecule has 2 heterocycles. The molecule has 10 heteroatoms. The molecule has 0 spiro atoms. The van der Waals surface area contributed by atoms with Crippen molar-refractivity contribution in [3.05, 3.63) is 51.0 Å². The molecule has 1 saturated heterocycles. The Hall–Kier alpha value is -1.56. The van der Waals surface area contributed by atoms with Gasteiger partial charge in [-0.3, -0.25) is 4.98 Å². The molecule has 0 amide bonds. The van der Waals surface area contributed by atoms with Gasteiger partial charge in [-0.2, -0.15) is 9.78 Å². The zero-order valence-electron chi connectivity index (χ0n) is 13.0. The lowest BCUT2D eigenvalue weighted by atomic mass is 10.1. The fraction of sp³-hybridized carbons (Fsp3) is 0.400. The molecular formula is C15H17N3O5S2. The first-order valence-corrected chi connectivity index (χ1v) is 8.93. The van der Waals surface area contributed by atoms with Crippen LogP contribution in [0.1, 0.15) is 11.8 Å². The first-order valence-electron chi connectivity index (χ1n) is 7.53. The molecular weight excluding hydrogens is 366 g/mol. The number of nitrogens with zero attached hydrogens (tertiary/aromatic N) is 2. The highest BCUT2D eigenvalue weighted by Gasteiger charge is 2.44. The highest BCUT2D eigenvalue weighted by molar-refractivity contribution is 7.98. The number of rotatable bonds is 5. The van der Waals surface area contributed by atoms with E-state index in [1.807, 2.05) is 30.3 Å². The number of hydrogen-bond donors (Lipinski definition) is 4. The maximum absolute atomic E-state index is 12.1. The number of aromatic amines is 1. The number of hydrogen-bond acceptors (Lipinski definition) is 8. The van der Waals surface area contributed by atoms with Crippen LogP contribution in [0.25, 0.3) is 0 Å². The molecule has 0 radical (unpaired) electrons. The first-order chi connectivity index (χ1) is 12.0. The van der Waals surface area contributed by atoms with Crippen LogP contribution in [0.5, 0.6) is 0 Å². The van der Waals surface area contributed by atoms with Gasteiger partial charge in [0.1, 0.15) is 23.0 Å². The average Bonchev–Trinajstić information content (AvgIpc) is 2.90. The number of aromatic nitrogens is 3. The molecule has 1 aliphatic rings. The zero-order valence-corrected chi connectivity index (χ0v) is 14.6. The lowest BCUT2D eigenvalue weighted by molar-refractivity contribution is -0.0626. The maximum atomic E-state index is 12.1. The topological polar surface area (TPSA) is 121 Å². The van der Waals surface area contributed by atoms with Gasteiger partial charge < -0.3 is 20.1 Å². The summed E-state index contributed by atoms with van der Waals surface area (Å²) in [5.41, 5.74) is 0.401. The Morgan fingerprint density at radius 3 is 2.64 bits per heavy atom. The minimum absolute atomic E-state index is 0.189. The zero-order chi connectivity index (χ0) is 18.0. The Labute approximate surface area is 152 Å². The summed E-state index contributed by atoms with van der Waals surface area (Å²) in [6, 6.07) is 9.68. The van der Waals surface area contributed by atoms with Crippen molar-refractivity contribution in [2.24, 2.45) is 0 Å². The Morgan fingerprint density at radius 2 is 2.00 bits per heavy atom. The van der Waals surface area contributed by atoms with E-state index < -0.39 is 36.8 Å². The Morgan fingerprint density at radius 1 is 1.28 bits per heavy atom. The number of nitrogens with one attached hydrogen (secondary N) is 1. The molecule has 1 aliphatic heterocycles. The van der Waals surface area contributed by atoms with Crippen molar-refractivity contribution in [1.82, 2.24) is 14.8 Å². The second-order valence-corrected chi connectivity index (χ2v) is 6.88. The Bertz CT molecular complexity index is 841. The van der Waals surface area contributed by atoms with Gasteiger partial charge in [-0.05, 0) is 5.56 Å². The molecule has 8 nitrogen and oxygen atoms in total. The molecule has 25 heavy (non-hydrogen) atoms. The van der Waals surface area contributed by atoms with Gasteiger partial charge in [0.2, 0.25) is 0 Å². The molecule has 1 aromatic carbocycles. The smallest absolute Gasteiger partial charge is 0.345 e. The molecule has 4 N–H and O–H groups in total. The van der Waals surface area contributed by atoms with E-state index in [1.165, 1.54) is 11.8 Å². The number of benzene rings is 1. The van der Waals surface area contributed by atoms with Crippen LogP contribution in [0.15, 0.2) is 40.2 Å². The van der Waals surface area contributed by atoms with Gasteiger partial charge in [-0.1, -0.05) is 54.3 Å². The molecule has 4 atom stereocenters. The van der Waals surface area contributed by atoms with Gasteiger partial charge >= 0.3 is 5.69 Å². The standard InChI is InChI=1S/C15H17N3O5S2/c19-6-9-10(20)11(21)14(23-9)18-15(22)16-12(24)13(17-18)25-7-8-4-2-1-3-5-8/h1-5,9-11,14,19-21H,6-7H2,(H,16,22,24)/t9-,10+,11-,14-/m0/s1. The lowest BCUT2D eigenvalue weighted by Crippen LogP contribution is -2.37. The maximum Gasteiger partial charge on any atom is 0.345 e. The van der Waals surface area contributed by atoms with Crippen LogP contribution in [0, 0.1) is 4.64 Å². The third-order valence-corrected chi connectivity index (χ3v) is 5.26. The predicted octanol–water partition coefficient (Wildman–Crippen LogP) is 0.205. The number of ether oxygens (including phenoxy) is 1. The van der Waals surface area contributed by atoms with Crippen LogP contribution >= 0.6 is 24.0 Å². The number of thioether (sulfide) groups is 1. The van der Waals surface area contributed by atoms with Crippen molar-refractivity contribution >= 4 is 24.0 Å². The first kappa shape index (κ1) is 18.2. The van der Waals surface area contributed by atoms with E-state index in [4.69, 9.17) is 22.1 Å². The van der Waals surface area contributed by atoms with Gasteiger partial charge in [0.25, 0.3) is 0 Å². The molecule has 3 rings (SSSR count). The van der Waals surface area contributed by atoms with Crippen LogP contribution in [-0.4, -0.2) is 55.0 Å². The van der Waals surface area contributed by atoms with Crippen molar-refractivity contribution in [1.29, 1.82) is 0 Å². The minimum Gasteiger partial charge on any atom is -0.394 e. The Kier molecular flexibility index (Phi) is 5.67. The van der Waals surface area contributed by atoms with E-state index >= 15 is 0 Å². The summed E-state index contributed by atoms with van der Waals surface area (Å²) in [4.78, 5) is 14.6. The normalized spacial score (nSPS) is 26.0. The molecule has 0 unspecified atom stereocenters. The number of H-pyrrole nitrogens is 1. The van der Waals surface area contributed by atoms with Gasteiger partial charge in [0, 0.05) is 5.75 Å². The fourth-order valence-corrected chi connectivity index (χ4v) is 3.60. The summed E-state index contributed by atoms with van der Waals surface area (Å²) < 4.78 is 6.45. The molecule has 1 fully saturated rings. The van der Waals surface area contributed by atoms with E-state index in [1.54, 1.807) is 0 Å². The summed E-state index contributed by atoms with van der Waals surface area (Å²) in [6.07, 6.45) is -4.90. The monoisotopic (exact) mass is 383 g/mol. The summed E-state index contributed by atoms with van der Waals surface area (Å²) in [7, 11) is 0. The highest BCUT2D eigenvalue weighted by Crippen LogP contribution is 2.28. The van der Waals surface area contributed by atoms with Crippen molar-refractivity contribution < 1.29 is 20.1 Å². The molecule has 0 saturated carbocycles. The summed E-state index contributed by atoms with van der Waals surface area (Å²) >= 11 is 6.48. The van der Waals surface area contributed by atoms with Gasteiger partial charge in [-0.25, -0.2) is 4.79 Å². The second-order valence-electron chi connectivity index (χ2n) is 5.51. The van der Waals surface area contributed by atoms with Crippen LogP contribution in [0.2, 0.25) is 0 Å². The van der Waals surface area contributed by atoms with Gasteiger partial charge in [0.05, 0.1) is 6.61 Å². The van der Waals surface area contributed by atoms with E-state index in [-0.39, 0.29) is 4.64 Å². The van der Waals surface area contributed by atoms with E-state index in [0.717, 1.165) is 10.2 Å². The fourth-order valence-electron chi connectivity index (χ4n) is 2.47. The third kappa shape index (κ3) is 3.84. The van der Waals surface area contributed by atoms with Crippen LogP contribution in [0.3, 0.4) is 0 Å².